The van der Waals surface area contributed by atoms with Gasteiger partial charge in [0.05, 0.1) is 6.33 Å². The van der Waals surface area contributed by atoms with E-state index in [-0.39, 0.29) is 5.69 Å². The van der Waals surface area contributed by atoms with Gasteiger partial charge in [-0.05, 0) is 12.1 Å². The summed E-state index contributed by atoms with van der Waals surface area (Å²) in [7, 11) is 1.74. The molecular formula is C13H13N3O3. The molecule has 0 atom stereocenters. The van der Waals surface area contributed by atoms with Crippen LogP contribution in [0.2, 0.25) is 0 Å². The lowest BCUT2D eigenvalue weighted by atomic mass is 10.2. The van der Waals surface area contributed by atoms with Crippen molar-refractivity contribution in [2.75, 3.05) is 11.4 Å². The number of amides is 1. The molecule has 0 unspecified atom stereocenters. The standard InChI is InChI=1S/C13H13N3O3/c1-15-7-11(14-9-15)13(19)16(8-12(17)18)10-5-3-2-4-6-10/h2-7,9H,8H2,1H3,(H,17,18). The maximum Gasteiger partial charge on any atom is 0.323 e. The van der Waals surface area contributed by atoms with Gasteiger partial charge in [0, 0.05) is 18.9 Å². The van der Waals surface area contributed by atoms with Crippen molar-refractivity contribution in [2.24, 2.45) is 7.05 Å². The van der Waals surface area contributed by atoms with E-state index in [9.17, 15) is 9.59 Å². The summed E-state index contributed by atoms with van der Waals surface area (Å²) in [6.07, 6.45) is 3.05. The number of nitrogens with zero attached hydrogens (tertiary/aromatic N) is 3. The minimum absolute atomic E-state index is 0.215. The third-order valence-electron chi connectivity index (χ3n) is 2.53. The van der Waals surface area contributed by atoms with Gasteiger partial charge in [-0.25, -0.2) is 4.98 Å². The number of aliphatic carboxylic acids is 1. The average Bonchev–Trinajstić information content (AvgIpc) is 2.83. The van der Waals surface area contributed by atoms with Crippen LogP contribution in [0.15, 0.2) is 42.9 Å². The Morgan fingerprint density at radius 3 is 2.53 bits per heavy atom. The maximum atomic E-state index is 12.3. The first-order valence-corrected chi connectivity index (χ1v) is 5.64. The second-order valence-corrected chi connectivity index (χ2v) is 4.04. The van der Waals surface area contributed by atoms with Crippen LogP contribution in [-0.2, 0) is 11.8 Å². The summed E-state index contributed by atoms with van der Waals surface area (Å²) in [5.74, 6) is -1.51. The van der Waals surface area contributed by atoms with Crippen LogP contribution in [0.25, 0.3) is 0 Å². The third-order valence-corrected chi connectivity index (χ3v) is 2.53. The smallest absolute Gasteiger partial charge is 0.323 e. The lowest BCUT2D eigenvalue weighted by Crippen LogP contribution is -2.35. The zero-order valence-corrected chi connectivity index (χ0v) is 10.4. The number of anilines is 1. The van der Waals surface area contributed by atoms with Crippen molar-refractivity contribution in [3.8, 4) is 0 Å². The van der Waals surface area contributed by atoms with Gasteiger partial charge in [0.25, 0.3) is 5.91 Å². The van der Waals surface area contributed by atoms with Gasteiger partial charge in [0.2, 0.25) is 0 Å². The molecule has 0 bridgehead atoms. The van der Waals surface area contributed by atoms with Crippen LogP contribution < -0.4 is 4.90 Å². The molecule has 0 spiro atoms. The molecule has 6 nitrogen and oxygen atoms in total. The molecule has 0 aliphatic heterocycles. The SMILES string of the molecule is Cn1cnc(C(=O)N(CC(=O)O)c2ccccc2)c1. The Kier molecular flexibility index (Phi) is 3.61. The summed E-state index contributed by atoms with van der Waals surface area (Å²) in [4.78, 5) is 28.3. The number of aryl methyl sites for hydroxylation is 1. The topological polar surface area (TPSA) is 75.4 Å². The molecule has 98 valence electrons. The number of hydrogen-bond donors (Lipinski definition) is 1. The van der Waals surface area contributed by atoms with Gasteiger partial charge in [-0.15, -0.1) is 0 Å². The summed E-state index contributed by atoms with van der Waals surface area (Å²) >= 11 is 0. The number of carboxylic acid groups (broad SMARTS) is 1. The fourth-order valence-electron chi connectivity index (χ4n) is 1.69. The molecule has 0 radical (unpaired) electrons. The van der Waals surface area contributed by atoms with Crippen molar-refractivity contribution in [1.82, 2.24) is 9.55 Å². The monoisotopic (exact) mass is 259 g/mol. The van der Waals surface area contributed by atoms with Crippen LogP contribution in [-0.4, -0.2) is 33.1 Å². The van der Waals surface area contributed by atoms with Crippen molar-refractivity contribution >= 4 is 17.6 Å². The van der Waals surface area contributed by atoms with Gasteiger partial charge in [-0.3, -0.25) is 14.5 Å². The van der Waals surface area contributed by atoms with Crippen molar-refractivity contribution in [2.45, 2.75) is 0 Å². The summed E-state index contributed by atoms with van der Waals surface area (Å²) in [5, 5.41) is 8.93. The van der Waals surface area contributed by atoms with Crippen LogP contribution in [0, 0.1) is 0 Å². The van der Waals surface area contributed by atoms with Gasteiger partial charge in [0.1, 0.15) is 12.2 Å². The number of carbonyl (C=O) groups is 2. The van der Waals surface area contributed by atoms with E-state index in [2.05, 4.69) is 4.98 Å². The van der Waals surface area contributed by atoms with Gasteiger partial charge >= 0.3 is 5.97 Å². The Morgan fingerprint density at radius 2 is 2.00 bits per heavy atom. The molecule has 1 amide bonds. The first kappa shape index (κ1) is 12.8. The Morgan fingerprint density at radius 1 is 1.32 bits per heavy atom. The first-order chi connectivity index (χ1) is 9.08. The molecular weight excluding hydrogens is 246 g/mol. The number of carbonyl (C=O) groups excluding carboxylic acids is 1. The number of imidazole rings is 1. The molecule has 6 heteroatoms. The Labute approximate surface area is 109 Å². The highest BCUT2D eigenvalue weighted by molar-refractivity contribution is 6.06. The van der Waals surface area contributed by atoms with E-state index in [0.717, 1.165) is 0 Å². The fraction of sp³-hybridized carbons (Fsp3) is 0.154. The van der Waals surface area contributed by atoms with Gasteiger partial charge in [-0.2, -0.15) is 0 Å². The largest absolute Gasteiger partial charge is 0.480 e. The van der Waals surface area contributed by atoms with Crippen molar-refractivity contribution in [3.05, 3.63) is 48.5 Å². The first-order valence-electron chi connectivity index (χ1n) is 5.64. The molecule has 1 heterocycles. The number of rotatable bonds is 4. The van der Waals surface area contributed by atoms with Gasteiger partial charge in [-0.1, -0.05) is 18.2 Å². The van der Waals surface area contributed by atoms with Crippen LogP contribution in [0.4, 0.5) is 5.69 Å². The van der Waals surface area contributed by atoms with E-state index in [1.807, 2.05) is 0 Å². The van der Waals surface area contributed by atoms with Crippen LogP contribution in [0.1, 0.15) is 10.5 Å². The minimum atomic E-state index is -1.08. The molecule has 2 rings (SSSR count). The van der Waals surface area contributed by atoms with Gasteiger partial charge in [0.15, 0.2) is 0 Å². The van der Waals surface area contributed by atoms with Gasteiger partial charge < -0.3 is 9.67 Å². The predicted octanol–water partition coefficient (Wildman–Crippen LogP) is 1.15. The quantitative estimate of drug-likeness (QED) is 0.893. The maximum absolute atomic E-state index is 12.3. The minimum Gasteiger partial charge on any atom is -0.480 e. The average molecular weight is 259 g/mol. The molecule has 0 fully saturated rings. The highest BCUT2D eigenvalue weighted by Gasteiger charge is 2.21. The molecule has 1 aromatic heterocycles. The number of hydrogen-bond acceptors (Lipinski definition) is 3. The summed E-state index contributed by atoms with van der Waals surface area (Å²) in [6, 6.07) is 8.66. The highest BCUT2D eigenvalue weighted by atomic mass is 16.4. The molecule has 0 saturated carbocycles. The van der Waals surface area contributed by atoms with Crippen molar-refractivity contribution < 1.29 is 14.7 Å². The van der Waals surface area contributed by atoms with Crippen LogP contribution in [0.3, 0.4) is 0 Å². The highest BCUT2D eigenvalue weighted by Crippen LogP contribution is 2.15. The van der Waals surface area contributed by atoms with Crippen molar-refractivity contribution in [1.29, 1.82) is 0 Å². The predicted molar refractivity (Wildman–Crippen MR) is 69.0 cm³/mol. The Balaban J connectivity index is 2.33. The fourth-order valence-corrected chi connectivity index (χ4v) is 1.69. The second-order valence-electron chi connectivity index (χ2n) is 4.04. The van der Waals surface area contributed by atoms with Crippen LogP contribution in [0.5, 0.6) is 0 Å². The molecule has 2 aromatic rings. The third kappa shape index (κ3) is 2.98. The van der Waals surface area contributed by atoms with E-state index in [1.165, 1.54) is 11.2 Å². The van der Waals surface area contributed by atoms with E-state index in [0.29, 0.717) is 5.69 Å². The number of carboxylic acids is 1. The summed E-state index contributed by atoms with van der Waals surface area (Å²) < 4.78 is 1.64. The summed E-state index contributed by atoms with van der Waals surface area (Å²) in [5.41, 5.74) is 0.744. The molecule has 1 N–H and O–H groups in total. The molecule has 0 saturated heterocycles. The Hall–Kier alpha value is -2.63. The number of benzene rings is 1. The lowest BCUT2D eigenvalue weighted by Gasteiger charge is -2.19. The second kappa shape index (κ2) is 5.34. The number of aromatic nitrogens is 2. The summed E-state index contributed by atoms with van der Waals surface area (Å²) in [6.45, 7) is -0.403. The molecule has 19 heavy (non-hydrogen) atoms. The molecule has 0 aliphatic carbocycles. The van der Waals surface area contributed by atoms with E-state index in [1.54, 1.807) is 48.1 Å². The van der Waals surface area contributed by atoms with E-state index in [4.69, 9.17) is 5.11 Å². The van der Waals surface area contributed by atoms with Crippen molar-refractivity contribution in [3.63, 3.8) is 0 Å². The molecule has 0 aliphatic rings. The molecule has 1 aromatic carbocycles. The zero-order valence-electron chi connectivity index (χ0n) is 10.4. The Bertz CT molecular complexity index is 592. The normalized spacial score (nSPS) is 10.2. The van der Waals surface area contributed by atoms with E-state index >= 15 is 0 Å². The van der Waals surface area contributed by atoms with Crippen LogP contribution >= 0.6 is 0 Å². The number of para-hydroxylation sites is 1. The zero-order chi connectivity index (χ0) is 13.8. The lowest BCUT2D eigenvalue weighted by molar-refractivity contribution is -0.135. The van der Waals surface area contributed by atoms with E-state index < -0.39 is 18.4 Å².